The Morgan fingerprint density at radius 2 is 0.579 bits per heavy atom. The molecule has 5 rings (SSSR count). The van der Waals surface area contributed by atoms with Gasteiger partial charge in [0.25, 0.3) is 0 Å². The zero-order valence-corrected chi connectivity index (χ0v) is 20.3. The summed E-state index contributed by atoms with van der Waals surface area (Å²) in [6.07, 6.45) is 0. The van der Waals surface area contributed by atoms with Crippen LogP contribution in [0.1, 0.15) is 45.2 Å². The first-order valence-corrected chi connectivity index (χ1v) is 12.1. The fourth-order valence-corrected chi connectivity index (χ4v) is 4.82. The standard InChI is InChI=1S/C32H24N2O4/c35-29-17-9-25(10-18-29)31(23-5-13-27(33-37)14-6-23)21-1-2-22(4-3-21)32(26-11-19-30(36)20-12-26)24-7-15-28(34-38)16-8-24/h1-20,31-32,35-36H. The summed E-state index contributed by atoms with van der Waals surface area (Å²) in [4.78, 5) is 21.9. The van der Waals surface area contributed by atoms with Crippen LogP contribution in [0.2, 0.25) is 0 Å². The average molecular weight is 501 g/mol. The zero-order chi connectivity index (χ0) is 26.5. The van der Waals surface area contributed by atoms with E-state index in [-0.39, 0.29) is 23.3 Å². The lowest BCUT2D eigenvalue weighted by Crippen LogP contribution is -2.06. The fraction of sp³-hybridized carbons (Fsp3) is 0.0625. The van der Waals surface area contributed by atoms with Gasteiger partial charge in [-0.2, -0.15) is 0 Å². The summed E-state index contributed by atoms with van der Waals surface area (Å²) in [5, 5.41) is 25.7. The minimum absolute atomic E-state index is 0.129. The van der Waals surface area contributed by atoms with Crippen molar-refractivity contribution in [2.24, 2.45) is 10.4 Å². The molecular formula is C32H24N2O4. The van der Waals surface area contributed by atoms with Gasteiger partial charge in [-0.25, -0.2) is 0 Å². The molecule has 0 radical (unpaired) electrons. The lowest BCUT2D eigenvalue weighted by molar-refractivity contribution is 0.474. The molecule has 6 nitrogen and oxygen atoms in total. The number of nitroso groups, excluding NO2 is 2. The number of aromatic hydroxyl groups is 2. The zero-order valence-electron chi connectivity index (χ0n) is 20.3. The second kappa shape index (κ2) is 10.9. The van der Waals surface area contributed by atoms with Crippen molar-refractivity contribution in [3.05, 3.63) is 165 Å². The first-order valence-electron chi connectivity index (χ1n) is 12.1. The maximum Gasteiger partial charge on any atom is 0.115 e. The summed E-state index contributed by atoms with van der Waals surface area (Å²) in [5.41, 5.74) is 6.77. The number of rotatable bonds is 8. The first kappa shape index (κ1) is 24.6. The van der Waals surface area contributed by atoms with Gasteiger partial charge in [-0.3, -0.25) is 0 Å². The van der Waals surface area contributed by atoms with Crippen molar-refractivity contribution in [2.45, 2.75) is 11.8 Å². The van der Waals surface area contributed by atoms with E-state index in [2.05, 4.69) is 34.6 Å². The molecule has 6 heteroatoms. The smallest absolute Gasteiger partial charge is 0.115 e. The predicted octanol–water partition coefficient (Wildman–Crippen LogP) is 8.25. The van der Waals surface area contributed by atoms with Crippen LogP contribution >= 0.6 is 0 Å². The Morgan fingerprint density at radius 3 is 0.816 bits per heavy atom. The summed E-state index contributed by atoms with van der Waals surface area (Å²) in [7, 11) is 0. The van der Waals surface area contributed by atoms with Crippen LogP contribution in [0, 0.1) is 9.81 Å². The van der Waals surface area contributed by atoms with E-state index in [1.54, 1.807) is 48.5 Å². The summed E-state index contributed by atoms with van der Waals surface area (Å²) in [6, 6.07) is 36.9. The Morgan fingerprint density at radius 1 is 0.368 bits per heavy atom. The summed E-state index contributed by atoms with van der Waals surface area (Å²) in [5.74, 6) is 0.123. The third kappa shape index (κ3) is 5.20. The molecule has 0 saturated carbocycles. The van der Waals surface area contributed by atoms with Gasteiger partial charge in [-0.15, -0.1) is 9.81 Å². The van der Waals surface area contributed by atoms with Crippen LogP contribution < -0.4 is 0 Å². The largest absolute Gasteiger partial charge is 0.508 e. The molecule has 0 spiro atoms. The van der Waals surface area contributed by atoms with Crippen molar-refractivity contribution in [1.82, 2.24) is 0 Å². The summed E-state index contributed by atoms with van der Waals surface area (Å²) < 4.78 is 0. The molecule has 186 valence electrons. The van der Waals surface area contributed by atoms with Crippen LogP contribution in [0.5, 0.6) is 11.5 Å². The Balaban J connectivity index is 1.57. The molecule has 0 heterocycles. The van der Waals surface area contributed by atoms with Crippen molar-refractivity contribution < 1.29 is 10.2 Å². The lowest BCUT2D eigenvalue weighted by atomic mass is 9.81. The van der Waals surface area contributed by atoms with E-state index in [0.29, 0.717) is 11.4 Å². The van der Waals surface area contributed by atoms with E-state index in [4.69, 9.17) is 0 Å². The average Bonchev–Trinajstić information content (AvgIpc) is 2.97. The fourth-order valence-electron chi connectivity index (χ4n) is 4.82. The second-order valence-corrected chi connectivity index (χ2v) is 9.08. The Bertz CT molecular complexity index is 1410. The van der Waals surface area contributed by atoms with Gasteiger partial charge in [-0.05, 0) is 92.3 Å². The van der Waals surface area contributed by atoms with Gasteiger partial charge in [0, 0.05) is 11.8 Å². The quantitative estimate of drug-likeness (QED) is 0.165. The summed E-state index contributed by atoms with van der Waals surface area (Å²) in [6.45, 7) is 0. The SMILES string of the molecule is O=Nc1ccc(C(c2ccc(O)cc2)c2ccc(C(c3ccc(O)cc3)c3ccc(N=O)cc3)cc2)cc1. The molecule has 0 fully saturated rings. The van der Waals surface area contributed by atoms with Gasteiger partial charge in [0.05, 0.1) is 0 Å². The Labute approximate surface area is 219 Å². The van der Waals surface area contributed by atoms with E-state index in [1.807, 2.05) is 48.5 Å². The molecule has 5 aromatic carbocycles. The van der Waals surface area contributed by atoms with Crippen LogP contribution in [0.4, 0.5) is 11.4 Å². The van der Waals surface area contributed by atoms with Crippen molar-refractivity contribution in [2.75, 3.05) is 0 Å². The van der Waals surface area contributed by atoms with E-state index in [1.165, 1.54) is 0 Å². The number of hydrogen-bond donors (Lipinski definition) is 2. The van der Waals surface area contributed by atoms with Gasteiger partial charge < -0.3 is 10.2 Å². The highest BCUT2D eigenvalue weighted by molar-refractivity contribution is 5.51. The van der Waals surface area contributed by atoms with Gasteiger partial charge in [0.15, 0.2) is 0 Å². The molecule has 0 aliphatic rings. The van der Waals surface area contributed by atoms with Crippen LogP contribution in [0.15, 0.2) is 132 Å². The second-order valence-electron chi connectivity index (χ2n) is 9.08. The van der Waals surface area contributed by atoms with Crippen molar-refractivity contribution >= 4 is 11.4 Å². The molecule has 0 aromatic heterocycles. The molecule has 2 unspecified atom stereocenters. The van der Waals surface area contributed by atoms with E-state index in [9.17, 15) is 20.0 Å². The van der Waals surface area contributed by atoms with Crippen LogP contribution in [0.25, 0.3) is 0 Å². The molecule has 0 saturated heterocycles. The van der Waals surface area contributed by atoms with Gasteiger partial charge in [0.1, 0.15) is 22.9 Å². The maximum atomic E-state index is 10.9. The first-order chi connectivity index (χ1) is 18.6. The highest BCUT2D eigenvalue weighted by atomic mass is 16.3. The van der Waals surface area contributed by atoms with E-state index in [0.717, 1.165) is 33.4 Å². The third-order valence-corrected chi connectivity index (χ3v) is 6.72. The maximum absolute atomic E-state index is 10.9. The van der Waals surface area contributed by atoms with E-state index < -0.39 is 0 Å². The number of benzene rings is 5. The van der Waals surface area contributed by atoms with Crippen LogP contribution in [-0.2, 0) is 0 Å². The van der Waals surface area contributed by atoms with E-state index >= 15 is 0 Å². The van der Waals surface area contributed by atoms with Crippen LogP contribution in [-0.4, -0.2) is 10.2 Å². The molecule has 2 N–H and O–H groups in total. The van der Waals surface area contributed by atoms with Crippen molar-refractivity contribution in [3.63, 3.8) is 0 Å². The molecular weight excluding hydrogens is 476 g/mol. The normalized spacial score (nSPS) is 12.4. The topological polar surface area (TPSA) is 99.3 Å². The minimum atomic E-state index is -0.129. The van der Waals surface area contributed by atoms with Gasteiger partial charge in [0.2, 0.25) is 0 Å². The Kier molecular flexibility index (Phi) is 7.04. The van der Waals surface area contributed by atoms with Gasteiger partial charge >= 0.3 is 0 Å². The molecule has 5 aromatic rings. The molecule has 0 amide bonds. The number of phenols is 2. The van der Waals surface area contributed by atoms with Crippen LogP contribution in [0.3, 0.4) is 0 Å². The number of hydrogen-bond acceptors (Lipinski definition) is 6. The molecule has 0 aliphatic heterocycles. The molecule has 38 heavy (non-hydrogen) atoms. The highest BCUT2D eigenvalue weighted by Crippen LogP contribution is 2.37. The monoisotopic (exact) mass is 500 g/mol. The number of phenolic OH excluding ortho intramolecular Hbond substituents is 2. The lowest BCUT2D eigenvalue weighted by Gasteiger charge is -2.22. The van der Waals surface area contributed by atoms with Crippen molar-refractivity contribution in [3.8, 4) is 11.5 Å². The summed E-state index contributed by atoms with van der Waals surface area (Å²) >= 11 is 0. The third-order valence-electron chi connectivity index (χ3n) is 6.72. The number of nitrogens with zero attached hydrogens (tertiary/aromatic N) is 2. The molecule has 0 aliphatic carbocycles. The minimum Gasteiger partial charge on any atom is -0.508 e. The Hall–Kier alpha value is -5.10. The molecule has 2 atom stereocenters. The van der Waals surface area contributed by atoms with Gasteiger partial charge in [-0.1, -0.05) is 72.8 Å². The molecule has 0 bridgehead atoms. The highest BCUT2D eigenvalue weighted by Gasteiger charge is 2.20. The van der Waals surface area contributed by atoms with Crippen molar-refractivity contribution in [1.29, 1.82) is 0 Å². The predicted molar refractivity (Wildman–Crippen MR) is 148 cm³/mol.